The number of rotatable bonds is 3. The lowest BCUT2D eigenvalue weighted by molar-refractivity contribution is 0.340. The van der Waals surface area contributed by atoms with Gasteiger partial charge in [0.1, 0.15) is 5.76 Å². The summed E-state index contributed by atoms with van der Waals surface area (Å²) < 4.78 is 5.14. The highest BCUT2D eigenvalue weighted by atomic mass is 16.5. The van der Waals surface area contributed by atoms with Gasteiger partial charge in [-0.2, -0.15) is 0 Å². The molecule has 0 unspecified atom stereocenters. The van der Waals surface area contributed by atoms with Gasteiger partial charge in [0.05, 0.1) is 5.69 Å². The van der Waals surface area contributed by atoms with Gasteiger partial charge in [0.2, 0.25) is 0 Å². The monoisotopic (exact) mass is 223 g/mol. The van der Waals surface area contributed by atoms with Crippen LogP contribution in [-0.2, 0) is 6.54 Å². The number of hydrogen-bond donors (Lipinski definition) is 2. The summed E-state index contributed by atoms with van der Waals surface area (Å²) in [6.45, 7) is 4.82. The Labute approximate surface area is 96.6 Å². The van der Waals surface area contributed by atoms with Crippen molar-refractivity contribution >= 4 is 0 Å². The minimum Gasteiger partial charge on any atom is -0.361 e. The van der Waals surface area contributed by atoms with E-state index in [2.05, 4.69) is 10.5 Å². The van der Waals surface area contributed by atoms with Crippen LogP contribution in [0.1, 0.15) is 42.7 Å². The molecule has 1 aliphatic rings. The second-order valence-electron chi connectivity index (χ2n) is 4.80. The molecule has 1 saturated carbocycles. The molecule has 0 aromatic carbocycles. The van der Waals surface area contributed by atoms with Crippen LogP contribution < -0.4 is 11.1 Å². The van der Waals surface area contributed by atoms with Crippen LogP contribution in [0.5, 0.6) is 0 Å². The lowest BCUT2D eigenvalue weighted by Crippen LogP contribution is -2.37. The minimum absolute atomic E-state index is 0.414. The molecule has 0 saturated heterocycles. The first-order valence-corrected chi connectivity index (χ1v) is 6.07. The zero-order chi connectivity index (χ0) is 11.5. The predicted molar refractivity (Wildman–Crippen MR) is 63.0 cm³/mol. The average molecular weight is 223 g/mol. The van der Waals surface area contributed by atoms with Crippen LogP contribution in [0.3, 0.4) is 0 Å². The van der Waals surface area contributed by atoms with Gasteiger partial charge in [0, 0.05) is 24.2 Å². The minimum atomic E-state index is 0.414. The number of hydrogen-bond acceptors (Lipinski definition) is 4. The highest BCUT2D eigenvalue weighted by molar-refractivity contribution is 5.20. The van der Waals surface area contributed by atoms with Gasteiger partial charge in [-0.1, -0.05) is 5.16 Å². The first kappa shape index (κ1) is 11.6. The number of nitrogens with two attached hydrogens (primary N) is 1. The molecule has 0 amide bonds. The van der Waals surface area contributed by atoms with Crippen molar-refractivity contribution in [3.05, 3.63) is 17.0 Å². The number of nitrogens with zero attached hydrogens (tertiary/aromatic N) is 1. The third-order valence-electron chi connectivity index (χ3n) is 3.52. The van der Waals surface area contributed by atoms with Crippen molar-refractivity contribution < 1.29 is 4.52 Å². The van der Waals surface area contributed by atoms with Crippen molar-refractivity contribution in [1.29, 1.82) is 0 Å². The summed E-state index contributed by atoms with van der Waals surface area (Å²) in [7, 11) is 0. The lowest BCUT2D eigenvalue weighted by atomic mass is 9.92. The molecule has 0 radical (unpaired) electrons. The topological polar surface area (TPSA) is 64.1 Å². The van der Waals surface area contributed by atoms with Gasteiger partial charge in [-0.25, -0.2) is 0 Å². The highest BCUT2D eigenvalue weighted by Crippen LogP contribution is 2.18. The fourth-order valence-corrected chi connectivity index (χ4v) is 2.32. The Bertz CT molecular complexity index is 321. The van der Waals surface area contributed by atoms with Crippen molar-refractivity contribution in [2.24, 2.45) is 5.73 Å². The van der Waals surface area contributed by atoms with Crippen molar-refractivity contribution in [2.45, 2.75) is 58.2 Å². The van der Waals surface area contributed by atoms with Gasteiger partial charge < -0.3 is 15.6 Å². The van der Waals surface area contributed by atoms with E-state index in [4.69, 9.17) is 10.3 Å². The van der Waals surface area contributed by atoms with Crippen LogP contribution in [0.4, 0.5) is 0 Å². The molecule has 1 aromatic heterocycles. The van der Waals surface area contributed by atoms with Gasteiger partial charge in [-0.05, 0) is 39.5 Å². The maximum atomic E-state index is 5.88. The fourth-order valence-electron chi connectivity index (χ4n) is 2.32. The highest BCUT2D eigenvalue weighted by Gasteiger charge is 2.18. The van der Waals surface area contributed by atoms with E-state index < -0.39 is 0 Å². The molecular formula is C12H21N3O. The molecule has 2 rings (SSSR count). The smallest absolute Gasteiger partial charge is 0.138 e. The average Bonchev–Trinajstić information content (AvgIpc) is 2.59. The number of aryl methyl sites for hydroxylation is 2. The molecule has 90 valence electrons. The normalized spacial score (nSPS) is 25.9. The van der Waals surface area contributed by atoms with Crippen molar-refractivity contribution in [3.63, 3.8) is 0 Å². The molecule has 4 nitrogen and oxygen atoms in total. The Morgan fingerprint density at radius 2 is 2.00 bits per heavy atom. The van der Waals surface area contributed by atoms with Gasteiger partial charge in [0.15, 0.2) is 0 Å². The second-order valence-corrected chi connectivity index (χ2v) is 4.80. The van der Waals surface area contributed by atoms with Crippen molar-refractivity contribution in [2.75, 3.05) is 0 Å². The molecule has 0 spiro atoms. The third kappa shape index (κ3) is 2.62. The summed E-state index contributed by atoms with van der Waals surface area (Å²) in [5.74, 6) is 0.928. The summed E-state index contributed by atoms with van der Waals surface area (Å²) in [6.07, 6.45) is 4.65. The molecule has 4 heteroatoms. The summed E-state index contributed by atoms with van der Waals surface area (Å²) in [6, 6.07) is 1.02. The molecule has 0 atom stereocenters. The largest absolute Gasteiger partial charge is 0.361 e. The zero-order valence-electron chi connectivity index (χ0n) is 10.1. The standard InChI is InChI=1S/C12H21N3O/c1-8-12(9(2)16-15-8)7-14-11-5-3-10(13)4-6-11/h10-11,14H,3-7,13H2,1-2H3. The van der Waals surface area contributed by atoms with E-state index in [1.807, 2.05) is 13.8 Å². The predicted octanol–water partition coefficient (Wildman–Crippen LogP) is 1.65. The summed E-state index contributed by atoms with van der Waals surface area (Å²) in [5, 5.41) is 7.53. The van der Waals surface area contributed by atoms with Gasteiger partial charge in [0.25, 0.3) is 0 Å². The first-order valence-electron chi connectivity index (χ1n) is 6.07. The Morgan fingerprint density at radius 1 is 1.31 bits per heavy atom. The fraction of sp³-hybridized carbons (Fsp3) is 0.750. The molecule has 0 aliphatic heterocycles. The van der Waals surface area contributed by atoms with Crippen molar-refractivity contribution in [3.8, 4) is 0 Å². The van der Waals surface area contributed by atoms with E-state index in [0.717, 1.165) is 30.8 Å². The van der Waals surface area contributed by atoms with Crippen LogP contribution in [0.2, 0.25) is 0 Å². The molecule has 1 fully saturated rings. The molecule has 16 heavy (non-hydrogen) atoms. The quantitative estimate of drug-likeness (QED) is 0.818. The van der Waals surface area contributed by atoms with Crippen LogP contribution in [0.15, 0.2) is 4.52 Å². The Kier molecular flexibility index (Phi) is 3.61. The molecule has 1 aromatic rings. The maximum absolute atomic E-state index is 5.88. The molecule has 1 heterocycles. The first-order chi connectivity index (χ1) is 7.66. The van der Waals surface area contributed by atoms with E-state index in [1.54, 1.807) is 0 Å². The molecule has 3 N–H and O–H groups in total. The van der Waals surface area contributed by atoms with Gasteiger partial charge in [-0.3, -0.25) is 0 Å². The summed E-state index contributed by atoms with van der Waals surface area (Å²) >= 11 is 0. The third-order valence-corrected chi connectivity index (χ3v) is 3.52. The second kappa shape index (κ2) is 4.97. The van der Waals surface area contributed by atoms with Crippen LogP contribution in [0, 0.1) is 13.8 Å². The van der Waals surface area contributed by atoms with E-state index in [0.29, 0.717) is 12.1 Å². The molecule has 1 aliphatic carbocycles. The summed E-state index contributed by atoms with van der Waals surface area (Å²) in [5.41, 5.74) is 8.08. The maximum Gasteiger partial charge on any atom is 0.138 e. The molecular weight excluding hydrogens is 202 g/mol. The van der Waals surface area contributed by atoms with E-state index in [1.165, 1.54) is 18.4 Å². The number of aromatic nitrogens is 1. The van der Waals surface area contributed by atoms with Crippen molar-refractivity contribution in [1.82, 2.24) is 10.5 Å². The van der Waals surface area contributed by atoms with E-state index in [9.17, 15) is 0 Å². The van der Waals surface area contributed by atoms with Crippen LogP contribution in [0.25, 0.3) is 0 Å². The Morgan fingerprint density at radius 3 is 2.56 bits per heavy atom. The van der Waals surface area contributed by atoms with Gasteiger partial charge >= 0.3 is 0 Å². The van der Waals surface area contributed by atoms with E-state index >= 15 is 0 Å². The van der Waals surface area contributed by atoms with E-state index in [-0.39, 0.29) is 0 Å². The SMILES string of the molecule is Cc1noc(C)c1CNC1CCC(N)CC1. The van der Waals surface area contributed by atoms with Gasteiger partial charge in [-0.15, -0.1) is 0 Å². The summed E-state index contributed by atoms with van der Waals surface area (Å²) in [4.78, 5) is 0. The number of nitrogens with one attached hydrogen (secondary N) is 1. The zero-order valence-corrected chi connectivity index (χ0v) is 10.1. The molecule has 0 bridgehead atoms. The lowest BCUT2D eigenvalue weighted by Gasteiger charge is -2.26. The Balaban J connectivity index is 1.83. The van der Waals surface area contributed by atoms with Crippen LogP contribution in [-0.4, -0.2) is 17.2 Å². The Hall–Kier alpha value is -0.870. The van der Waals surface area contributed by atoms with Crippen LogP contribution >= 0.6 is 0 Å².